The number of nitrogens with one attached hydrogen (secondary N) is 1. The molecule has 2 aromatic rings. The molecule has 0 bridgehead atoms. The highest BCUT2D eigenvalue weighted by Gasteiger charge is 2.09. The third-order valence-corrected chi connectivity index (χ3v) is 3.18. The highest BCUT2D eigenvalue weighted by molar-refractivity contribution is 5.83. The Labute approximate surface area is 112 Å². The first-order valence-corrected chi connectivity index (χ1v) is 6.64. The van der Waals surface area contributed by atoms with Crippen LogP contribution in [0.3, 0.4) is 0 Å². The molecule has 0 fully saturated rings. The fraction of sp³-hybridized carbons (Fsp3) is 0.400. The van der Waals surface area contributed by atoms with Gasteiger partial charge in [-0.25, -0.2) is 4.39 Å². The van der Waals surface area contributed by atoms with E-state index in [4.69, 9.17) is 0 Å². The number of hydrogen-bond donors (Lipinski definition) is 1. The number of carbonyl (C=O) groups excluding carboxylic acids is 1. The molecule has 1 heterocycles. The molecule has 0 saturated carbocycles. The van der Waals surface area contributed by atoms with E-state index < -0.39 is 0 Å². The van der Waals surface area contributed by atoms with Crippen LogP contribution in [0.15, 0.2) is 30.5 Å². The van der Waals surface area contributed by atoms with Crippen LogP contribution in [-0.4, -0.2) is 16.5 Å². The van der Waals surface area contributed by atoms with Crippen molar-refractivity contribution in [2.24, 2.45) is 0 Å². The summed E-state index contributed by atoms with van der Waals surface area (Å²) in [7, 11) is 0. The molecule has 1 aromatic heterocycles. The van der Waals surface area contributed by atoms with Crippen molar-refractivity contribution in [3.63, 3.8) is 0 Å². The minimum atomic E-state index is -0.285. The van der Waals surface area contributed by atoms with Crippen molar-refractivity contribution >= 4 is 16.8 Å². The summed E-state index contributed by atoms with van der Waals surface area (Å²) in [5.41, 5.74) is 0.748. The van der Waals surface area contributed by atoms with E-state index in [1.165, 1.54) is 12.1 Å². The SMILES string of the molecule is CCCC(C)NC(=O)Cn1ccc2ccc(F)cc21. The molecule has 2 rings (SSSR count). The molecule has 0 aliphatic rings. The Morgan fingerprint density at radius 2 is 2.21 bits per heavy atom. The van der Waals surface area contributed by atoms with Crippen molar-refractivity contribution in [1.82, 2.24) is 9.88 Å². The number of carbonyl (C=O) groups is 1. The van der Waals surface area contributed by atoms with Crippen molar-refractivity contribution < 1.29 is 9.18 Å². The van der Waals surface area contributed by atoms with Crippen LogP contribution in [-0.2, 0) is 11.3 Å². The second kappa shape index (κ2) is 5.87. The fourth-order valence-electron chi connectivity index (χ4n) is 2.28. The van der Waals surface area contributed by atoms with Crippen molar-refractivity contribution in [2.75, 3.05) is 0 Å². The van der Waals surface area contributed by atoms with Gasteiger partial charge >= 0.3 is 0 Å². The average Bonchev–Trinajstić information content (AvgIpc) is 2.72. The van der Waals surface area contributed by atoms with Gasteiger partial charge in [0.05, 0.1) is 5.52 Å². The van der Waals surface area contributed by atoms with Gasteiger partial charge in [0, 0.05) is 12.2 Å². The molecule has 0 aliphatic heterocycles. The molecule has 102 valence electrons. The molecule has 0 spiro atoms. The van der Waals surface area contributed by atoms with Crippen LogP contribution < -0.4 is 5.32 Å². The lowest BCUT2D eigenvalue weighted by molar-refractivity contribution is -0.122. The van der Waals surface area contributed by atoms with Crippen molar-refractivity contribution in [3.8, 4) is 0 Å². The summed E-state index contributed by atoms with van der Waals surface area (Å²) >= 11 is 0. The first kappa shape index (κ1) is 13.6. The van der Waals surface area contributed by atoms with Gasteiger partial charge in [-0.2, -0.15) is 0 Å². The second-order valence-electron chi connectivity index (χ2n) is 4.90. The zero-order chi connectivity index (χ0) is 13.8. The number of nitrogens with zero attached hydrogens (tertiary/aromatic N) is 1. The maximum absolute atomic E-state index is 13.2. The third-order valence-electron chi connectivity index (χ3n) is 3.18. The van der Waals surface area contributed by atoms with E-state index in [9.17, 15) is 9.18 Å². The standard InChI is InChI=1S/C15H19FN2O/c1-3-4-11(2)17-15(19)10-18-8-7-12-5-6-13(16)9-14(12)18/h5-9,11H,3-4,10H2,1-2H3,(H,17,19). The summed E-state index contributed by atoms with van der Waals surface area (Å²) in [5, 5.41) is 3.89. The van der Waals surface area contributed by atoms with Gasteiger partial charge in [-0.3, -0.25) is 4.79 Å². The molecule has 1 atom stereocenters. The van der Waals surface area contributed by atoms with E-state index >= 15 is 0 Å². The predicted molar refractivity (Wildman–Crippen MR) is 74.4 cm³/mol. The van der Waals surface area contributed by atoms with Gasteiger partial charge in [0.15, 0.2) is 0 Å². The van der Waals surface area contributed by atoms with Gasteiger partial charge in [0.1, 0.15) is 12.4 Å². The van der Waals surface area contributed by atoms with E-state index in [1.807, 2.05) is 19.2 Å². The lowest BCUT2D eigenvalue weighted by Gasteiger charge is -2.13. The highest BCUT2D eigenvalue weighted by Crippen LogP contribution is 2.16. The van der Waals surface area contributed by atoms with Crippen LogP contribution in [0.4, 0.5) is 4.39 Å². The van der Waals surface area contributed by atoms with Gasteiger partial charge in [-0.05, 0) is 43.0 Å². The molecule has 4 heteroatoms. The topological polar surface area (TPSA) is 34.0 Å². The maximum Gasteiger partial charge on any atom is 0.240 e. The van der Waals surface area contributed by atoms with Gasteiger partial charge in [-0.1, -0.05) is 13.3 Å². The summed E-state index contributed by atoms with van der Waals surface area (Å²) in [6.45, 7) is 4.31. The van der Waals surface area contributed by atoms with Crippen LogP contribution in [0.5, 0.6) is 0 Å². The summed E-state index contributed by atoms with van der Waals surface area (Å²) in [4.78, 5) is 11.9. The van der Waals surface area contributed by atoms with Crippen molar-refractivity contribution in [1.29, 1.82) is 0 Å². The van der Waals surface area contributed by atoms with E-state index in [1.54, 1.807) is 10.6 Å². The molecule has 1 unspecified atom stereocenters. The van der Waals surface area contributed by atoms with Crippen LogP contribution in [0.25, 0.3) is 10.9 Å². The monoisotopic (exact) mass is 262 g/mol. The van der Waals surface area contributed by atoms with Crippen LogP contribution >= 0.6 is 0 Å². The Bertz CT molecular complexity index is 577. The van der Waals surface area contributed by atoms with E-state index in [0.717, 1.165) is 23.7 Å². The Morgan fingerprint density at radius 3 is 2.95 bits per heavy atom. The van der Waals surface area contributed by atoms with Crippen molar-refractivity contribution in [2.45, 2.75) is 39.3 Å². The van der Waals surface area contributed by atoms with E-state index in [0.29, 0.717) is 0 Å². The van der Waals surface area contributed by atoms with E-state index in [-0.39, 0.29) is 24.3 Å². The van der Waals surface area contributed by atoms with Gasteiger partial charge in [0.2, 0.25) is 5.91 Å². The molecule has 1 amide bonds. The molecular formula is C15H19FN2O. The predicted octanol–water partition coefficient (Wildman–Crippen LogP) is 3.09. The normalized spacial score (nSPS) is 12.6. The molecule has 0 radical (unpaired) electrons. The maximum atomic E-state index is 13.2. The molecule has 0 aliphatic carbocycles. The molecule has 1 N–H and O–H groups in total. The fourth-order valence-corrected chi connectivity index (χ4v) is 2.28. The molecule has 1 aromatic carbocycles. The first-order valence-electron chi connectivity index (χ1n) is 6.64. The van der Waals surface area contributed by atoms with Gasteiger partial charge < -0.3 is 9.88 Å². The smallest absolute Gasteiger partial charge is 0.240 e. The minimum Gasteiger partial charge on any atom is -0.352 e. The molecule has 19 heavy (non-hydrogen) atoms. The summed E-state index contributed by atoms with van der Waals surface area (Å²) < 4.78 is 15.0. The zero-order valence-corrected chi connectivity index (χ0v) is 11.3. The second-order valence-corrected chi connectivity index (χ2v) is 4.90. The van der Waals surface area contributed by atoms with Crippen LogP contribution in [0.2, 0.25) is 0 Å². The largest absolute Gasteiger partial charge is 0.352 e. The first-order chi connectivity index (χ1) is 9.10. The highest BCUT2D eigenvalue weighted by atomic mass is 19.1. The lowest BCUT2D eigenvalue weighted by Crippen LogP contribution is -2.34. The number of aromatic nitrogens is 1. The lowest BCUT2D eigenvalue weighted by atomic mass is 10.2. The number of halogens is 1. The van der Waals surface area contributed by atoms with Gasteiger partial charge in [0.25, 0.3) is 0 Å². The molecule has 3 nitrogen and oxygen atoms in total. The number of fused-ring (bicyclic) bond motifs is 1. The number of benzene rings is 1. The minimum absolute atomic E-state index is 0.0392. The molecule has 0 saturated heterocycles. The molecular weight excluding hydrogens is 243 g/mol. The summed E-state index contributed by atoms with van der Waals surface area (Å²) in [6.07, 6.45) is 3.82. The Kier molecular flexibility index (Phi) is 4.20. The number of amides is 1. The average molecular weight is 262 g/mol. The Hall–Kier alpha value is -1.84. The van der Waals surface area contributed by atoms with Crippen LogP contribution in [0.1, 0.15) is 26.7 Å². The Balaban J connectivity index is 2.08. The van der Waals surface area contributed by atoms with Crippen LogP contribution in [0, 0.1) is 5.82 Å². The van der Waals surface area contributed by atoms with Gasteiger partial charge in [-0.15, -0.1) is 0 Å². The third kappa shape index (κ3) is 3.34. The summed E-state index contributed by atoms with van der Waals surface area (Å²) in [5.74, 6) is -0.324. The van der Waals surface area contributed by atoms with E-state index in [2.05, 4.69) is 12.2 Å². The quantitative estimate of drug-likeness (QED) is 0.882. The number of rotatable bonds is 5. The summed E-state index contributed by atoms with van der Waals surface area (Å²) in [6, 6.07) is 6.67. The van der Waals surface area contributed by atoms with Crippen molar-refractivity contribution in [3.05, 3.63) is 36.3 Å². The number of hydrogen-bond acceptors (Lipinski definition) is 1. The Morgan fingerprint density at radius 1 is 1.42 bits per heavy atom. The zero-order valence-electron chi connectivity index (χ0n) is 11.3.